The van der Waals surface area contributed by atoms with Crippen molar-refractivity contribution in [1.82, 2.24) is 9.55 Å². The predicted molar refractivity (Wildman–Crippen MR) is 111 cm³/mol. The minimum atomic E-state index is -0.362. The predicted octanol–water partition coefficient (Wildman–Crippen LogP) is 6.67. The summed E-state index contributed by atoms with van der Waals surface area (Å²) < 4.78 is 22.4. The second kappa shape index (κ2) is 7.82. The van der Waals surface area contributed by atoms with Crippen LogP contribution in [0.3, 0.4) is 0 Å². The van der Waals surface area contributed by atoms with E-state index < -0.39 is 0 Å². The maximum absolute atomic E-state index is 14.4. The third-order valence-corrected chi connectivity index (χ3v) is 5.16. The molecule has 0 saturated heterocycles. The number of nitrogens with zero attached hydrogens (tertiary/aromatic N) is 2. The Hall–Kier alpha value is -2.56. The number of hydrogen-bond acceptors (Lipinski definition) is 2. The molecule has 3 aromatic carbocycles. The van der Waals surface area contributed by atoms with Gasteiger partial charge in [-0.25, -0.2) is 9.37 Å². The van der Waals surface area contributed by atoms with Crippen molar-refractivity contribution in [3.05, 3.63) is 94.0 Å². The lowest BCUT2D eigenvalue weighted by atomic mass is 10.2. The van der Waals surface area contributed by atoms with Crippen molar-refractivity contribution in [3.8, 4) is 5.75 Å². The summed E-state index contributed by atoms with van der Waals surface area (Å²) in [5.41, 5.74) is 2.13. The van der Waals surface area contributed by atoms with Gasteiger partial charge in [-0.3, -0.25) is 0 Å². The molecule has 3 nitrogen and oxygen atoms in total. The van der Waals surface area contributed by atoms with Gasteiger partial charge in [0, 0.05) is 15.6 Å². The smallest absolute Gasteiger partial charge is 0.153 e. The maximum Gasteiger partial charge on any atom is 0.153 e. The molecule has 1 heterocycles. The minimum absolute atomic E-state index is 0.260. The molecule has 0 aliphatic heterocycles. The second-order valence-corrected chi connectivity index (χ2v) is 7.30. The number of fused-ring (bicyclic) bond motifs is 1. The number of rotatable bonds is 5. The first-order valence-corrected chi connectivity index (χ1v) is 9.59. The average Bonchev–Trinajstić information content (AvgIpc) is 3.05. The van der Waals surface area contributed by atoms with Gasteiger partial charge < -0.3 is 9.30 Å². The third kappa shape index (κ3) is 3.71. The molecule has 6 heteroatoms. The Labute approximate surface area is 172 Å². The standard InChI is InChI=1S/C22H17Cl2FN2O/c1-14(28-16-11-9-15(23)10-12-16)22-26-20-7-2-3-8-21(20)27(22)13-17-18(24)5-4-6-19(17)25/h2-12,14H,13H2,1H3. The normalized spacial score (nSPS) is 12.3. The van der Waals surface area contributed by atoms with Crippen LogP contribution in [0.15, 0.2) is 66.7 Å². The Morgan fingerprint density at radius 1 is 1.00 bits per heavy atom. The first kappa shape index (κ1) is 18.8. The number of aromatic nitrogens is 2. The Bertz CT molecular complexity index is 1110. The summed E-state index contributed by atoms with van der Waals surface area (Å²) in [7, 11) is 0. The largest absolute Gasteiger partial charge is 0.483 e. The molecule has 0 spiro atoms. The van der Waals surface area contributed by atoms with E-state index in [0.717, 1.165) is 11.0 Å². The summed E-state index contributed by atoms with van der Waals surface area (Å²) in [5.74, 6) is 1.03. The van der Waals surface area contributed by atoms with Gasteiger partial charge in [0.15, 0.2) is 11.9 Å². The lowest BCUT2D eigenvalue weighted by molar-refractivity contribution is 0.212. The van der Waals surface area contributed by atoms with Crippen LogP contribution in [0, 0.1) is 5.82 Å². The Morgan fingerprint density at radius 3 is 2.50 bits per heavy atom. The van der Waals surface area contributed by atoms with Gasteiger partial charge in [-0.05, 0) is 55.5 Å². The third-order valence-electron chi connectivity index (χ3n) is 4.55. The van der Waals surface area contributed by atoms with Crippen LogP contribution in [0.2, 0.25) is 10.0 Å². The number of ether oxygens (including phenoxy) is 1. The van der Waals surface area contributed by atoms with Crippen LogP contribution in [0.5, 0.6) is 5.75 Å². The molecule has 0 saturated carbocycles. The lowest BCUT2D eigenvalue weighted by Gasteiger charge is -2.17. The SMILES string of the molecule is CC(Oc1ccc(Cl)cc1)c1nc2ccccc2n1Cc1c(F)cccc1Cl. The fourth-order valence-electron chi connectivity index (χ4n) is 3.18. The highest BCUT2D eigenvalue weighted by Crippen LogP contribution is 2.29. The van der Waals surface area contributed by atoms with Crippen LogP contribution < -0.4 is 4.74 Å². The number of imidazole rings is 1. The zero-order valence-electron chi connectivity index (χ0n) is 15.1. The highest BCUT2D eigenvalue weighted by atomic mass is 35.5. The Kier molecular flexibility index (Phi) is 5.25. The molecule has 0 N–H and O–H groups in total. The molecule has 0 amide bonds. The molecule has 1 aromatic heterocycles. The van der Waals surface area contributed by atoms with E-state index in [2.05, 4.69) is 0 Å². The van der Waals surface area contributed by atoms with Gasteiger partial charge >= 0.3 is 0 Å². The van der Waals surface area contributed by atoms with Gasteiger partial charge in [0.25, 0.3) is 0 Å². The summed E-state index contributed by atoms with van der Waals surface area (Å²) in [6.07, 6.45) is -0.362. The van der Waals surface area contributed by atoms with Crippen molar-refractivity contribution in [2.45, 2.75) is 19.6 Å². The van der Waals surface area contributed by atoms with Crippen LogP contribution in [0.4, 0.5) is 4.39 Å². The fraction of sp³-hybridized carbons (Fsp3) is 0.136. The van der Waals surface area contributed by atoms with Crippen molar-refractivity contribution >= 4 is 34.2 Å². The summed E-state index contributed by atoms with van der Waals surface area (Å²) >= 11 is 12.2. The average molecular weight is 415 g/mol. The topological polar surface area (TPSA) is 27.1 Å². The Morgan fingerprint density at radius 2 is 1.75 bits per heavy atom. The van der Waals surface area contributed by atoms with Gasteiger partial charge in [0.2, 0.25) is 0 Å². The molecular formula is C22H17Cl2FN2O. The van der Waals surface area contributed by atoms with E-state index in [4.69, 9.17) is 32.9 Å². The van der Waals surface area contributed by atoms with Crippen molar-refractivity contribution in [3.63, 3.8) is 0 Å². The summed E-state index contributed by atoms with van der Waals surface area (Å²) in [5, 5.41) is 1.02. The summed E-state index contributed by atoms with van der Waals surface area (Å²) in [6, 6.07) is 19.6. The van der Waals surface area contributed by atoms with Crippen LogP contribution in [0.25, 0.3) is 11.0 Å². The zero-order valence-corrected chi connectivity index (χ0v) is 16.6. The molecule has 142 valence electrons. The molecule has 4 aromatic rings. The van der Waals surface area contributed by atoms with Crippen LogP contribution >= 0.6 is 23.2 Å². The molecule has 1 unspecified atom stereocenters. The van der Waals surface area contributed by atoms with E-state index >= 15 is 0 Å². The van der Waals surface area contributed by atoms with E-state index in [-0.39, 0.29) is 18.5 Å². The van der Waals surface area contributed by atoms with Crippen LogP contribution in [-0.4, -0.2) is 9.55 Å². The zero-order chi connectivity index (χ0) is 19.7. The van der Waals surface area contributed by atoms with Crippen molar-refractivity contribution in [2.75, 3.05) is 0 Å². The fourth-order valence-corrected chi connectivity index (χ4v) is 3.53. The maximum atomic E-state index is 14.4. The number of benzene rings is 3. The highest BCUT2D eigenvalue weighted by Gasteiger charge is 2.20. The van der Waals surface area contributed by atoms with Crippen LogP contribution in [0.1, 0.15) is 24.4 Å². The second-order valence-electron chi connectivity index (χ2n) is 6.46. The van der Waals surface area contributed by atoms with Crippen molar-refractivity contribution in [1.29, 1.82) is 0 Å². The number of para-hydroxylation sites is 2. The molecule has 0 radical (unpaired) electrons. The monoisotopic (exact) mass is 414 g/mol. The molecule has 4 rings (SSSR count). The molecule has 1 atom stereocenters. The van der Waals surface area contributed by atoms with E-state index in [9.17, 15) is 4.39 Å². The van der Waals surface area contributed by atoms with Crippen LogP contribution in [-0.2, 0) is 6.54 Å². The van der Waals surface area contributed by atoms with Gasteiger partial charge in [-0.2, -0.15) is 0 Å². The van der Waals surface area contributed by atoms with Gasteiger partial charge in [-0.1, -0.05) is 41.4 Å². The van der Waals surface area contributed by atoms with Gasteiger partial charge in [-0.15, -0.1) is 0 Å². The molecule has 0 bridgehead atoms. The van der Waals surface area contributed by atoms with E-state index in [1.54, 1.807) is 36.4 Å². The summed E-state index contributed by atoms with van der Waals surface area (Å²) in [4.78, 5) is 4.73. The van der Waals surface area contributed by atoms with E-state index in [1.165, 1.54) is 6.07 Å². The Balaban J connectivity index is 1.75. The van der Waals surface area contributed by atoms with Gasteiger partial charge in [0.05, 0.1) is 17.6 Å². The van der Waals surface area contributed by atoms with Gasteiger partial charge in [0.1, 0.15) is 11.6 Å². The number of hydrogen-bond donors (Lipinski definition) is 0. The minimum Gasteiger partial charge on any atom is -0.483 e. The first-order valence-electron chi connectivity index (χ1n) is 8.83. The lowest BCUT2D eigenvalue weighted by Crippen LogP contribution is -2.13. The molecule has 0 aliphatic carbocycles. The number of halogens is 3. The van der Waals surface area contributed by atoms with E-state index in [0.29, 0.717) is 27.2 Å². The molecule has 28 heavy (non-hydrogen) atoms. The first-order chi connectivity index (χ1) is 13.5. The summed E-state index contributed by atoms with van der Waals surface area (Å²) in [6.45, 7) is 2.17. The molecule has 0 aliphatic rings. The van der Waals surface area contributed by atoms with Crippen molar-refractivity contribution < 1.29 is 9.13 Å². The van der Waals surface area contributed by atoms with E-state index in [1.807, 2.05) is 35.8 Å². The highest BCUT2D eigenvalue weighted by molar-refractivity contribution is 6.31. The van der Waals surface area contributed by atoms with Crippen molar-refractivity contribution in [2.24, 2.45) is 0 Å². The molecule has 0 fully saturated rings. The molecular weight excluding hydrogens is 398 g/mol. The quantitative estimate of drug-likeness (QED) is 0.364.